The SMILES string of the molecule is CCc1nc([C@H]2CN(Cc3nc(CCOC)no3)CCO2)n[nH]1. The van der Waals surface area contributed by atoms with Crippen molar-refractivity contribution in [3.8, 4) is 0 Å². The normalized spacial score (nSPS) is 19.3. The molecule has 1 N–H and O–H groups in total. The minimum Gasteiger partial charge on any atom is -0.384 e. The Balaban J connectivity index is 1.57. The van der Waals surface area contributed by atoms with Crippen LogP contribution in [0.25, 0.3) is 0 Å². The molecule has 1 aliphatic rings. The highest BCUT2D eigenvalue weighted by Gasteiger charge is 2.26. The zero-order valence-electron chi connectivity index (χ0n) is 13.5. The molecule has 2 aromatic heterocycles. The van der Waals surface area contributed by atoms with Gasteiger partial charge in [-0.05, 0) is 0 Å². The second-order valence-corrected chi connectivity index (χ2v) is 5.44. The molecule has 0 aromatic carbocycles. The zero-order valence-corrected chi connectivity index (χ0v) is 13.5. The Morgan fingerprint density at radius 1 is 1.39 bits per heavy atom. The van der Waals surface area contributed by atoms with Crippen molar-refractivity contribution in [3.05, 3.63) is 23.4 Å². The van der Waals surface area contributed by atoms with E-state index in [9.17, 15) is 0 Å². The molecule has 0 amide bonds. The van der Waals surface area contributed by atoms with Crippen molar-refractivity contribution >= 4 is 0 Å². The van der Waals surface area contributed by atoms with Gasteiger partial charge in [0.25, 0.3) is 0 Å². The Morgan fingerprint density at radius 3 is 3.09 bits per heavy atom. The average Bonchev–Trinajstić information content (AvgIpc) is 3.22. The summed E-state index contributed by atoms with van der Waals surface area (Å²) in [6.45, 7) is 5.38. The van der Waals surface area contributed by atoms with Crippen molar-refractivity contribution < 1.29 is 14.0 Å². The first kappa shape index (κ1) is 16.0. The first-order valence-electron chi connectivity index (χ1n) is 7.84. The monoisotopic (exact) mass is 322 g/mol. The summed E-state index contributed by atoms with van der Waals surface area (Å²) in [6, 6.07) is 0. The van der Waals surface area contributed by atoms with Crippen molar-refractivity contribution in [1.82, 2.24) is 30.2 Å². The van der Waals surface area contributed by atoms with Gasteiger partial charge in [-0.25, -0.2) is 4.98 Å². The number of methoxy groups -OCH3 is 1. The molecule has 0 aliphatic carbocycles. The number of hydrogen-bond acceptors (Lipinski definition) is 8. The number of aromatic amines is 1. The molecule has 126 valence electrons. The highest BCUT2D eigenvalue weighted by atomic mass is 16.5. The fourth-order valence-electron chi connectivity index (χ4n) is 2.46. The van der Waals surface area contributed by atoms with Crippen molar-refractivity contribution in [1.29, 1.82) is 0 Å². The van der Waals surface area contributed by atoms with Gasteiger partial charge in [-0.1, -0.05) is 12.1 Å². The highest BCUT2D eigenvalue weighted by Crippen LogP contribution is 2.20. The fourth-order valence-corrected chi connectivity index (χ4v) is 2.46. The molecular formula is C14H22N6O3. The van der Waals surface area contributed by atoms with Crippen molar-refractivity contribution in [2.24, 2.45) is 0 Å². The summed E-state index contributed by atoms with van der Waals surface area (Å²) >= 11 is 0. The smallest absolute Gasteiger partial charge is 0.240 e. The molecule has 0 radical (unpaired) electrons. The van der Waals surface area contributed by atoms with Crippen LogP contribution in [0.3, 0.4) is 0 Å². The molecule has 0 saturated carbocycles. The lowest BCUT2D eigenvalue weighted by atomic mass is 10.2. The van der Waals surface area contributed by atoms with E-state index in [0.29, 0.717) is 50.3 Å². The molecule has 1 atom stereocenters. The van der Waals surface area contributed by atoms with Gasteiger partial charge in [-0.2, -0.15) is 10.1 Å². The van der Waals surface area contributed by atoms with E-state index in [1.165, 1.54) is 0 Å². The fraction of sp³-hybridized carbons (Fsp3) is 0.714. The van der Waals surface area contributed by atoms with Gasteiger partial charge in [0.15, 0.2) is 11.6 Å². The molecule has 0 bridgehead atoms. The molecule has 0 unspecified atom stereocenters. The molecule has 9 nitrogen and oxygen atoms in total. The van der Waals surface area contributed by atoms with Gasteiger partial charge < -0.3 is 14.0 Å². The van der Waals surface area contributed by atoms with Gasteiger partial charge in [0, 0.05) is 33.0 Å². The molecule has 3 rings (SSSR count). The standard InChI is InChI=1S/C14H22N6O3/c1-3-11-16-14(18-17-11)10-8-20(5-7-22-10)9-13-15-12(19-23-13)4-6-21-2/h10H,3-9H2,1-2H3,(H,16,17,18)/t10-/m1/s1. The van der Waals surface area contributed by atoms with E-state index in [1.54, 1.807) is 7.11 Å². The second kappa shape index (κ2) is 7.62. The molecular weight excluding hydrogens is 300 g/mol. The second-order valence-electron chi connectivity index (χ2n) is 5.44. The van der Waals surface area contributed by atoms with E-state index in [4.69, 9.17) is 14.0 Å². The third kappa shape index (κ3) is 4.12. The topological polar surface area (TPSA) is 102 Å². The van der Waals surface area contributed by atoms with Crippen LogP contribution < -0.4 is 0 Å². The van der Waals surface area contributed by atoms with Crippen molar-refractivity contribution in [2.75, 3.05) is 33.4 Å². The predicted molar refractivity (Wildman–Crippen MR) is 79.6 cm³/mol. The summed E-state index contributed by atoms with van der Waals surface area (Å²) in [4.78, 5) is 11.0. The minimum atomic E-state index is -0.129. The van der Waals surface area contributed by atoms with E-state index in [0.717, 1.165) is 18.8 Å². The summed E-state index contributed by atoms with van der Waals surface area (Å²) in [5, 5.41) is 11.1. The first-order valence-corrected chi connectivity index (χ1v) is 7.84. The Bertz CT molecular complexity index is 613. The number of aryl methyl sites for hydroxylation is 1. The molecule has 1 fully saturated rings. The number of rotatable bonds is 7. The van der Waals surface area contributed by atoms with Crippen LogP contribution >= 0.6 is 0 Å². The largest absolute Gasteiger partial charge is 0.384 e. The third-order valence-corrected chi connectivity index (χ3v) is 3.72. The Labute approximate surface area is 134 Å². The van der Waals surface area contributed by atoms with E-state index in [2.05, 4.69) is 30.2 Å². The van der Waals surface area contributed by atoms with Crippen LogP contribution in [0.1, 0.15) is 36.4 Å². The minimum absolute atomic E-state index is 0.129. The van der Waals surface area contributed by atoms with Crippen LogP contribution in [0.5, 0.6) is 0 Å². The Hall–Kier alpha value is -1.84. The first-order chi connectivity index (χ1) is 11.3. The van der Waals surface area contributed by atoms with Gasteiger partial charge >= 0.3 is 0 Å². The van der Waals surface area contributed by atoms with E-state index in [1.807, 2.05) is 6.92 Å². The molecule has 2 aromatic rings. The molecule has 1 saturated heterocycles. The number of morpholine rings is 1. The van der Waals surface area contributed by atoms with Gasteiger partial charge in [-0.3, -0.25) is 10.00 Å². The van der Waals surface area contributed by atoms with Gasteiger partial charge in [0.2, 0.25) is 5.89 Å². The summed E-state index contributed by atoms with van der Waals surface area (Å²) in [5.74, 6) is 2.87. The lowest BCUT2D eigenvalue weighted by Gasteiger charge is -2.30. The van der Waals surface area contributed by atoms with Crippen molar-refractivity contribution in [3.63, 3.8) is 0 Å². The highest BCUT2D eigenvalue weighted by molar-refractivity contribution is 4.97. The number of nitrogens with zero attached hydrogens (tertiary/aromatic N) is 5. The van der Waals surface area contributed by atoms with Crippen LogP contribution in [-0.4, -0.2) is 63.6 Å². The molecule has 9 heteroatoms. The number of H-pyrrole nitrogens is 1. The van der Waals surface area contributed by atoms with Crippen LogP contribution in [0, 0.1) is 0 Å². The number of ether oxygens (including phenoxy) is 2. The maximum Gasteiger partial charge on any atom is 0.240 e. The summed E-state index contributed by atoms with van der Waals surface area (Å²) in [7, 11) is 1.65. The number of nitrogens with one attached hydrogen (secondary N) is 1. The van der Waals surface area contributed by atoms with E-state index < -0.39 is 0 Å². The van der Waals surface area contributed by atoms with Gasteiger partial charge in [-0.15, -0.1) is 0 Å². The van der Waals surface area contributed by atoms with Crippen LogP contribution in [-0.2, 0) is 28.9 Å². The molecule has 1 aliphatic heterocycles. The summed E-state index contributed by atoms with van der Waals surface area (Å²) < 4.78 is 16.1. The van der Waals surface area contributed by atoms with Crippen LogP contribution in [0.15, 0.2) is 4.52 Å². The summed E-state index contributed by atoms with van der Waals surface area (Å²) in [6.07, 6.45) is 1.36. The predicted octanol–water partition coefficient (Wildman–Crippen LogP) is 0.513. The number of aromatic nitrogens is 5. The van der Waals surface area contributed by atoms with E-state index >= 15 is 0 Å². The average molecular weight is 322 g/mol. The number of hydrogen-bond donors (Lipinski definition) is 1. The Morgan fingerprint density at radius 2 is 2.30 bits per heavy atom. The molecule has 3 heterocycles. The third-order valence-electron chi connectivity index (χ3n) is 3.72. The van der Waals surface area contributed by atoms with Gasteiger partial charge in [0.05, 0.1) is 19.8 Å². The van der Waals surface area contributed by atoms with Crippen molar-refractivity contribution in [2.45, 2.75) is 32.4 Å². The lowest BCUT2D eigenvalue weighted by molar-refractivity contribution is -0.0396. The van der Waals surface area contributed by atoms with E-state index in [-0.39, 0.29) is 6.10 Å². The summed E-state index contributed by atoms with van der Waals surface area (Å²) in [5.41, 5.74) is 0. The van der Waals surface area contributed by atoms with Crippen LogP contribution in [0.4, 0.5) is 0 Å². The van der Waals surface area contributed by atoms with Crippen LogP contribution in [0.2, 0.25) is 0 Å². The van der Waals surface area contributed by atoms with Gasteiger partial charge in [0.1, 0.15) is 11.9 Å². The zero-order chi connectivity index (χ0) is 16.1. The maximum absolute atomic E-state index is 5.78. The lowest BCUT2D eigenvalue weighted by Crippen LogP contribution is -2.38. The Kier molecular flexibility index (Phi) is 5.31. The molecule has 23 heavy (non-hydrogen) atoms. The molecule has 0 spiro atoms. The quantitative estimate of drug-likeness (QED) is 0.787. The maximum atomic E-state index is 5.78.